The van der Waals surface area contributed by atoms with Crippen molar-refractivity contribution in [2.24, 2.45) is 5.92 Å². The molecule has 0 aromatic carbocycles. The minimum Gasteiger partial charge on any atom is -0.439 e. The van der Waals surface area contributed by atoms with Gasteiger partial charge in [0, 0.05) is 34.9 Å². The van der Waals surface area contributed by atoms with Crippen molar-refractivity contribution in [1.82, 2.24) is 0 Å². The van der Waals surface area contributed by atoms with Crippen LogP contribution in [0.15, 0.2) is 52.5 Å². The highest BCUT2D eigenvalue weighted by Gasteiger charge is 2.47. The molecule has 1 atom stereocenters. The first-order valence-corrected chi connectivity index (χ1v) is 13.8. The van der Waals surface area contributed by atoms with Crippen molar-refractivity contribution in [2.75, 3.05) is 31.1 Å². The van der Waals surface area contributed by atoms with Crippen molar-refractivity contribution in [3.8, 4) is 0 Å². The topological polar surface area (TPSA) is 29.5 Å². The van der Waals surface area contributed by atoms with Crippen molar-refractivity contribution in [1.29, 1.82) is 0 Å². The maximum atomic E-state index is 13.3. The summed E-state index contributed by atoms with van der Waals surface area (Å²) in [6.45, 7) is 5.25. The number of thiophene rings is 3. The van der Waals surface area contributed by atoms with Gasteiger partial charge in [-0.25, -0.2) is 4.79 Å². The Labute approximate surface area is 196 Å². The molecule has 0 unspecified atom stereocenters. The van der Waals surface area contributed by atoms with E-state index < -0.39 is 0 Å². The fourth-order valence-electron chi connectivity index (χ4n) is 5.12. The standard InChI is InChI=1S/C24H29N2O2S3/c27-24(25(23-8-4-16-31-23)17-21-7-3-15-30-21)28-22-18-26(12-9-19(22)10-13-26)11-1-5-20-6-2-14-29-20/h2-4,6-8,14-16,19,22H,1,5,9-13,17-18H2/q+1/t19?,22-,26?/m0/s1. The van der Waals surface area contributed by atoms with Crippen LogP contribution in [-0.2, 0) is 17.7 Å². The number of fused-ring (bicyclic) bond motifs is 3. The number of carbonyl (C=O) groups is 1. The molecular weight excluding hydrogens is 444 g/mol. The van der Waals surface area contributed by atoms with Crippen LogP contribution in [0.2, 0.25) is 0 Å². The average molecular weight is 474 g/mol. The third kappa shape index (κ3) is 4.90. The molecule has 3 fully saturated rings. The Morgan fingerprint density at radius 3 is 2.39 bits per heavy atom. The molecule has 3 aromatic rings. The molecule has 31 heavy (non-hydrogen) atoms. The summed E-state index contributed by atoms with van der Waals surface area (Å²) < 4.78 is 7.35. The van der Waals surface area contributed by atoms with Gasteiger partial charge in [-0.2, -0.15) is 0 Å². The lowest BCUT2D eigenvalue weighted by Crippen LogP contribution is -2.65. The first-order chi connectivity index (χ1) is 15.2. The molecule has 6 heterocycles. The minimum atomic E-state index is -0.189. The summed E-state index contributed by atoms with van der Waals surface area (Å²) in [7, 11) is 0. The van der Waals surface area contributed by atoms with Crippen LogP contribution >= 0.6 is 34.0 Å². The summed E-state index contributed by atoms with van der Waals surface area (Å²) in [6, 6.07) is 12.5. The monoisotopic (exact) mass is 473 g/mol. The van der Waals surface area contributed by atoms with Crippen molar-refractivity contribution in [3.63, 3.8) is 0 Å². The Kier molecular flexibility index (Phi) is 6.46. The summed E-state index contributed by atoms with van der Waals surface area (Å²) in [5, 5.41) is 7.20. The molecule has 0 radical (unpaired) electrons. The summed E-state index contributed by atoms with van der Waals surface area (Å²) >= 11 is 5.14. The van der Waals surface area contributed by atoms with Gasteiger partial charge in [0.05, 0.1) is 26.2 Å². The number of carbonyl (C=O) groups excluding carboxylic acids is 1. The van der Waals surface area contributed by atoms with E-state index in [-0.39, 0.29) is 12.2 Å². The molecule has 2 bridgehead atoms. The number of ether oxygens (including phenoxy) is 1. The number of anilines is 1. The van der Waals surface area contributed by atoms with Gasteiger partial charge in [0.1, 0.15) is 11.5 Å². The number of piperidine rings is 3. The number of hydrogen-bond acceptors (Lipinski definition) is 5. The van der Waals surface area contributed by atoms with Gasteiger partial charge >= 0.3 is 6.09 Å². The lowest BCUT2D eigenvalue weighted by molar-refractivity contribution is -0.946. The van der Waals surface area contributed by atoms with E-state index in [1.807, 2.05) is 39.8 Å². The number of hydrogen-bond donors (Lipinski definition) is 0. The first kappa shape index (κ1) is 21.2. The molecule has 3 saturated heterocycles. The lowest BCUT2D eigenvalue weighted by atomic mass is 9.83. The van der Waals surface area contributed by atoms with E-state index in [9.17, 15) is 4.79 Å². The number of amides is 1. The van der Waals surface area contributed by atoms with Gasteiger partial charge in [-0.15, -0.1) is 34.0 Å². The largest absolute Gasteiger partial charge is 0.439 e. The second-order valence-corrected chi connectivity index (χ2v) is 11.7. The Bertz CT molecular complexity index is 945. The third-order valence-corrected chi connectivity index (χ3v) is 9.50. The van der Waals surface area contributed by atoms with Gasteiger partial charge < -0.3 is 9.22 Å². The molecule has 0 N–H and O–H groups in total. The molecule has 7 heteroatoms. The smallest absolute Gasteiger partial charge is 0.415 e. The number of aryl methyl sites for hydroxylation is 1. The first-order valence-electron chi connectivity index (χ1n) is 11.1. The van der Waals surface area contributed by atoms with Gasteiger partial charge in [0.2, 0.25) is 0 Å². The fraction of sp³-hybridized carbons (Fsp3) is 0.458. The Balaban J connectivity index is 1.23. The summed E-state index contributed by atoms with van der Waals surface area (Å²) in [4.78, 5) is 17.8. The number of quaternary nitrogens is 1. The van der Waals surface area contributed by atoms with E-state index in [4.69, 9.17) is 4.74 Å². The molecule has 3 aliphatic rings. The number of nitrogens with zero attached hydrogens (tertiary/aromatic N) is 2. The Morgan fingerprint density at radius 1 is 1.00 bits per heavy atom. The zero-order valence-corrected chi connectivity index (χ0v) is 20.1. The molecule has 0 spiro atoms. The number of rotatable bonds is 8. The summed E-state index contributed by atoms with van der Waals surface area (Å²) in [5.74, 6) is 0.521. The Morgan fingerprint density at radius 2 is 1.71 bits per heavy atom. The highest BCUT2D eigenvalue weighted by atomic mass is 32.1. The van der Waals surface area contributed by atoms with Crippen LogP contribution < -0.4 is 4.90 Å². The Hall–Kier alpha value is -1.67. The zero-order chi connectivity index (χ0) is 21.1. The predicted molar refractivity (Wildman–Crippen MR) is 130 cm³/mol. The highest BCUT2D eigenvalue weighted by molar-refractivity contribution is 7.14. The van der Waals surface area contributed by atoms with Crippen LogP contribution in [0.3, 0.4) is 0 Å². The van der Waals surface area contributed by atoms with E-state index in [1.165, 1.54) is 55.1 Å². The van der Waals surface area contributed by atoms with Crippen LogP contribution in [0, 0.1) is 5.92 Å². The quantitative estimate of drug-likeness (QED) is 0.362. The molecule has 4 nitrogen and oxygen atoms in total. The third-order valence-electron chi connectivity index (χ3n) is 6.82. The molecule has 0 saturated carbocycles. The van der Waals surface area contributed by atoms with Crippen LogP contribution in [0.5, 0.6) is 0 Å². The normalized spacial score (nSPS) is 24.9. The molecular formula is C24H29N2O2S3+. The molecule has 0 aliphatic carbocycles. The minimum absolute atomic E-state index is 0.0440. The van der Waals surface area contributed by atoms with Crippen LogP contribution in [0.25, 0.3) is 0 Å². The zero-order valence-electron chi connectivity index (χ0n) is 17.7. The molecule has 3 aliphatic heterocycles. The predicted octanol–water partition coefficient (Wildman–Crippen LogP) is 6.26. The molecule has 164 valence electrons. The molecule has 1 amide bonds. The fourth-order valence-corrected chi connectivity index (χ4v) is 7.28. The lowest BCUT2D eigenvalue weighted by Gasteiger charge is -2.52. The summed E-state index contributed by atoms with van der Waals surface area (Å²) in [5.41, 5.74) is 0. The van der Waals surface area contributed by atoms with Crippen LogP contribution in [0.4, 0.5) is 9.80 Å². The van der Waals surface area contributed by atoms with Crippen molar-refractivity contribution in [2.45, 2.75) is 38.3 Å². The van der Waals surface area contributed by atoms with E-state index in [0.29, 0.717) is 12.5 Å². The maximum absolute atomic E-state index is 13.3. The van der Waals surface area contributed by atoms with Gasteiger partial charge in [0.15, 0.2) is 6.10 Å². The van der Waals surface area contributed by atoms with Crippen molar-refractivity contribution in [3.05, 3.63) is 62.3 Å². The van der Waals surface area contributed by atoms with Crippen molar-refractivity contribution >= 4 is 45.1 Å². The molecule has 6 rings (SSSR count). The molecule has 3 aromatic heterocycles. The maximum Gasteiger partial charge on any atom is 0.415 e. The van der Waals surface area contributed by atoms with Crippen molar-refractivity contribution < 1.29 is 14.0 Å². The van der Waals surface area contributed by atoms with Gasteiger partial charge in [-0.1, -0.05) is 12.1 Å². The van der Waals surface area contributed by atoms with E-state index in [1.54, 1.807) is 22.7 Å². The van der Waals surface area contributed by atoms with Crippen LogP contribution in [-0.4, -0.2) is 42.9 Å². The second-order valence-electron chi connectivity index (χ2n) is 8.75. The second kappa shape index (κ2) is 9.45. The van der Waals surface area contributed by atoms with Crippen LogP contribution in [0.1, 0.15) is 29.0 Å². The van der Waals surface area contributed by atoms with Gasteiger partial charge in [0.25, 0.3) is 0 Å². The van der Waals surface area contributed by atoms with E-state index >= 15 is 0 Å². The van der Waals surface area contributed by atoms with Gasteiger partial charge in [-0.3, -0.25) is 4.90 Å². The SMILES string of the molecule is O=C(O[C@H]1C[N+]2(CCCc3cccs3)CCC1CC2)N(Cc1cccs1)c1cccs1. The average Bonchev–Trinajstić information content (AvgIpc) is 3.56. The van der Waals surface area contributed by atoms with E-state index in [2.05, 4.69) is 29.0 Å². The summed E-state index contributed by atoms with van der Waals surface area (Å²) in [6.07, 6.45) is 4.60. The highest BCUT2D eigenvalue weighted by Crippen LogP contribution is 2.37. The van der Waals surface area contributed by atoms with Gasteiger partial charge in [-0.05, 0) is 46.8 Å². The van der Waals surface area contributed by atoms with E-state index in [0.717, 1.165) is 16.0 Å².